The van der Waals surface area contributed by atoms with Gasteiger partial charge in [0.1, 0.15) is 17.0 Å². The van der Waals surface area contributed by atoms with Crippen LogP contribution < -0.4 is 5.32 Å². The van der Waals surface area contributed by atoms with Crippen molar-refractivity contribution in [1.82, 2.24) is 15.1 Å². The number of hydrogen-bond acceptors (Lipinski definition) is 5. The van der Waals surface area contributed by atoms with Gasteiger partial charge in [0.05, 0.1) is 24.2 Å². The number of aromatic nitrogens is 2. The van der Waals surface area contributed by atoms with Gasteiger partial charge in [-0.05, 0) is 58.4 Å². The highest BCUT2D eigenvalue weighted by Crippen LogP contribution is 2.15. The lowest BCUT2D eigenvalue weighted by Crippen LogP contribution is -2.33. The molecule has 0 unspecified atom stereocenters. The molecule has 0 saturated heterocycles. The van der Waals surface area contributed by atoms with E-state index >= 15 is 0 Å². The lowest BCUT2D eigenvalue weighted by molar-refractivity contribution is 0.0482. The molecule has 1 aromatic heterocycles. The van der Waals surface area contributed by atoms with Crippen molar-refractivity contribution < 1.29 is 23.5 Å². The third-order valence-electron chi connectivity index (χ3n) is 3.52. The fourth-order valence-electron chi connectivity index (χ4n) is 2.27. The van der Waals surface area contributed by atoms with E-state index in [4.69, 9.17) is 9.47 Å². The van der Waals surface area contributed by atoms with E-state index in [1.54, 1.807) is 44.5 Å². The van der Waals surface area contributed by atoms with Crippen molar-refractivity contribution in [3.63, 3.8) is 0 Å². The lowest BCUT2D eigenvalue weighted by atomic mass is 10.2. The van der Waals surface area contributed by atoms with Crippen molar-refractivity contribution in [2.45, 2.75) is 39.7 Å². The van der Waals surface area contributed by atoms with Gasteiger partial charge >= 0.3 is 12.1 Å². The molecule has 0 aliphatic rings. The molecule has 0 aliphatic heterocycles. The molecule has 27 heavy (non-hydrogen) atoms. The average molecular weight is 377 g/mol. The zero-order valence-corrected chi connectivity index (χ0v) is 15.9. The van der Waals surface area contributed by atoms with E-state index in [0.717, 1.165) is 0 Å². The second-order valence-corrected chi connectivity index (χ2v) is 6.95. The first-order valence-corrected chi connectivity index (χ1v) is 8.62. The van der Waals surface area contributed by atoms with E-state index < -0.39 is 17.7 Å². The van der Waals surface area contributed by atoms with Crippen LogP contribution >= 0.6 is 0 Å². The summed E-state index contributed by atoms with van der Waals surface area (Å²) in [4.78, 5) is 23.7. The van der Waals surface area contributed by atoms with Gasteiger partial charge in [-0.3, -0.25) is 0 Å². The van der Waals surface area contributed by atoms with Crippen LogP contribution in [-0.4, -0.2) is 40.6 Å². The summed E-state index contributed by atoms with van der Waals surface area (Å²) in [5, 5.41) is 6.75. The lowest BCUT2D eigenvalue weighted by Gasteiger charge is -2.19. The standard InChI is InChI=1S/C19H24FN3O4/c1-13-16(12-22-23(13)15-8-6-14(20)7-9-15)17(24)26-11-5-10-21-18(25)27-19(2,3)4/h6-9,12H,5,10-11H2,1-4H3,(H,21,25). The Labute approximate surface area is 157 Å². The molecule has 0 bridgehead atoms. The summed E-state index contributed by atoms with van der Waals surface area (Å²) in [5.74, 6) is -0.846. The third kappa shape index (κ3) is 6.09. The average Bonchev–Trinajstić information content (AvgIpc) is 2.95. The smallest absolute Gasteiger partial charge is 0.407 e. The highest BCUT2D eigenvalue weighted by atomic mass is 19.1. The number of rotatable bonds is 6. The second-order valence-electron chi connectivity index (χ2n) is 6.95. The van der Waals surface area contributed by atoms with Gasteiger partial charge in [-0.25, -0.2) is 18.7 Å². The van der Waals surface area contributed by atoms with Crippen LogP contribution in [0, 0.1) is 12.7 Å². The normalized spacial score (nSPS) is 11.1. The van der Waals surface area contributed by atoms with Crippen molar-refractivity contribution in [2.75, 3.05) is 13.2 Å². The van der Waals surface area contributed by atoms with E-state index in [-0.39, 0.29) is 12.4 Å². The topological polar surface area (TPSA) is 82.4 Å². The predicted octanol–water partition coefficient (Wildman–Crippen LogP) is 3.39. The molecule has 1 amide bonds. The van der Waals surface area contributed by atoms with Crippen LogP contribution in [0.2, 0.25) is 0 Å². The summed E-state index contributed by atoms with van der Waals surface area (Å²) < 4.78 is 24.9. The largest absolute Gasteiger partial charge is 0.462 e. The first kappa shape index (κ1) is 20.4. The number of halogens is 1. The molecule has 146 valence electrons. The predicted molar refractivity (Wildman–Crippen MR) is 97.4 cm³/mol. The van der Waals surface area contributed by atoms with Crippen LogP contribution in [0.1, 0.15) is 43.2 Å². The Balaban J connectivity index is 1.81. The fourth-order valence-corrected chi connectivity index (χ4v) is 2.27. The first-order chi connectivity index (χ1) is 12.7. The minimum Gasteiger partial charge on any atom is -0.462 e. The molecule has 0 fully saturated rings. The Bertz CT molecular complexity index is 794. The summed E-state index contributed by atoms with van der Waals surface area (Å²) in [5.41, 5.74) is 1.02. The van der Waals surface area contributed by atoms with Gasteiger partial charge < -0.3 is 14.8 Å². The molecule has 2 aromatic rings. The van der Waals surface area contributed by atoms with Crippen molar-refractivity contribution in [1.29, 1.82) is 0 Å². The molecule has 0 atom stereocenters. The number of ether oxygens (including phenoxy) is 2. The van der Waals surface area contributed by atoms with Crippen LogP contribution in [0.4, 0.5) is 9.18 Å². The monoisotopic (exact) mass is 377 g/mol. The van der Waals surface area contributed by atoms with Crippen LogP contribution in [0.25, 0.3) is 5.69 Å². The maximum Gasteiger partial charge on any atom is 0.407 e. The van der Waals surface area contributed by atoms with Crippen LogP contribution in [0.15, 0.2) is 30.5 Å². The molecule has 0 radical (unpaired) electrons. The van der Waals surface area contributed by atoms with Gasteiger partial charge in [0.15, 0.2) is 0 Å². The second kappa shape index (κ2) is 8.66. The van der Waals surface area contributed by atoms with E-state index in [2.05, 4.69) is 10.4 Å². The van der Waals surface area contributed by atoms with Crippen LogP contribution in [0.5, 0.6) is 0 Å². The highest BCUT2D eigenvalue weighted by molar-refractivity contribution is 5.90. The molecular weight excluding hydrogens is 353 g/mol. The van der Waals surface area contributed by atoms with E-state index in [0.29, 0.717) is 29.9 Å². The minimum atomic E-state index is -0.557. The van der Waals surface area contributed by atoms with Crippen molar-refractivity contribution in [3.05, 3.63) is 47.5 Å². The number of esters is 1. The molecule has 0 aliphatic carbocycles. The van der Waals surface area contributed by atoms with Crippen LogP contribution in [-0.2, 0) is 9.47 Å². The summed E-state index contributed by atoms with van der Waals surface area (Å²) in [6, 6.07) is 5.80. The summed E-state index contributed by atoms with van der Waals surface area (Å²) in [7, 11) is 0. The highest BCUT2D eigenvalue weighted by Gasteiger charge is 2.17. The Morgan fingerprint density at radius 3 is 2.52 bits per heavy atom. The molecule has 7 nitrogen and oxygen atoms in total. The maximum atomic E-state index is 13.0. The van der Waals surface area contributed by atoms with Crippen molar-refractivity contribution in [3.8, 4) is 5.69 Å². The quantitative estimate of drug-likeness (QED) is 0.616. The van der Waals surface area contributed by atoms with Gasteiger partial charge in [-0.15, -0.1) is 0 Å². The Hall–Kier alpha value is -2.90. The number of benzene rings is 1. The first-order valence-electron chi connectivity index (χ1n) is 8.62. The zero-order chi connectivity index (χ0) is 20.0. The molecule has 1 N–H and O–H groups in total. The van der Waals surface area contributed by atoms with Crippen molar-refractivity contribution in [2.24, 2.45) is 0 Å². The van der Waals surface area contributed by atoms with E-state index in [1.165, 1.54) is 18.3 Å². The molecule has 1 heterocycles. The number of alkyl carbamates (subject to hydrolysis) is 1. The van der Waals surface area contributed by atoms with Gasteiger partial charge in [0.25, 0.3) is 0 Å². The van der Waals surface area contributed by atoms with Crippen molar-refractivity contribution >= 4 is 12.1 Å². The minimum absolute atomic E-state index is 0.149. The number of carbonyl (C=O) groups excluding carboxylic acids is 2. The summed E-state index contributed by atoms with van der Waals surface area (Å²) in [6.07, 6.45) is 1.36. The SMILES string of the molecule is Cc1c(C(=O)OCCCNC(=O)OC(C)(C)C)cnn1-c1ccc(F)cc1. The number of carbonyl (C=O) groups is 2. The Morgan fingerprint density at radius 1 is 1.22 bits per heavy atom. The van der Waals surface area contributed by atoms with Crippen LogP contribution in [0.3, 0.4) is 0 Å². The third-order valence-corrected chi connectivity index (χ3v) is 3.52. The molecule has 0 spiro atoms. The molecule has 0 saturated carbocycles. The number of amides is 1. The van der Waals surface area contributed by atoms with Gasteiger partial charge in [-0.2, -0.15) is 5.10 Å². The van der Waals surface area contributed by atoms with Gasteiger partial charge in [0.2, 0.25) is 0 Å². The van der Waals surface area contributed by atoms with E-state index in [1.807, 2.05) is 0 Å². The molecule has 8 heteroatoms. The fraction of sp³-hybridized carbons (Fsp3) is 0.421. The molecular formula is C19H24FN3O4. The summed E-state index contributed by atoms with van der Waals surface area (Å²) in [6.45, 7) is 7.55. The van der Waals surface area contributed by atoms with Gasteiger partial charge in [0, 0.05) is 6.54 Å². The maximum absolute atomic E-state index is 13.0. The Kier molecular flexibility index (Phi) is 6.55. The molecule has 2 rings (SSSR count). The van der Waals surface area contributed by atoms with E-state index in [9.17, 15) is 14.0 Å². The Morgan fingerprint density at radius 2 is 1.89 bits per heavy atom. The number of nitrogens with zero attached hydrogens (tertiary/aromatic N) is 2. The number of hydrogen-bond donors (Lipinski definition) is 1. The summed E-state index contributed by atoms with van der Waals surface area (Å²) >= 11 is 0. The van der Waals surface area contributed by atoms with Gasteiger partial charge in [-0.1, -0.05) is 0 Å². The number of nitrogens with one attached hydrogen (secondary N) is 1. The molecule has 1 aromatic carbocycles. The zero-order valence-electron chi connectivity index (χ0n) is 15.9.